The smallest absolute Gasteiger partial charge is 0.327 e. The summed E-state index contributed by atoms with van der Waals surface area (Å²) in [5.74, 6) is 0.693. The summed E-state index contributed by atoms with van der Waals surface area (Å²) in [6, 6.07) is 24.0. The predicted molar refractivity (Wildman–Crippen MR) is 139 cm³/mol. The van der Waals surface area contributed by atoms with E-state index < -0.39 is 6.04 Å². The van der Waals surface area contributed by atoms with Crippen molar-refractivity contribution in [1.82, 2.24) is 14.7 Å². The molecule has 3 aromatic carbocycles. The number of ether oxygens (including phenoxy) is 1. The number of methoxy groups -OCH3 is 1. The van der Waals surface area contributed by atoms with E-state index in [1.807, 2.05) is 78.9 Å². The van der Waals surface area contributed by atoms with E-state index in [1.165, 1.54) is 4.90 Å². The van der Waals surface area contributed by atoms with Crippen LogP contribution < -0.4 is 10.1 Å². The summed E-state index contributed by atoms with van der Waals surface area (Å²) < 4.78 is 5.23. The van der Waals surface area contributed by atoms with E-state index in [0.29, 0.717) is 18.8 Å². The zero-order valence-corrected chi connectivity index (χ0v) is 20.5. The Bertz CT molecular complexity index is 1340. The fourth-order valence-electron chi connectivity index (χ4n) is 5.44. The van der Waals surface area contributed by atoms with Crippen LogP contribution in [-0.4, -0.2) is 71.5 Å². The molecule has 1 N–H and O–H groups in total. The third-order valence-electron chi connectivity index (χ3n) is 7.53. The molecule has 3 atom stereocenters. The molecule has 2 heterocycles. The van der Waals surface area contributed by atoms with Crippen molar-refractivity contribution < 1.29 is 19.1 Å². The minimum Gasteiger partial charge on any atom is -0.497 e. The summed E-state index contributed by atoms with van der Waals surface area (Å²) in [6.07, 6.45) is 0.755. The minimum absolute atomic E-state index is 0.133. The Balaban J connectivity index is 1.13. The van der Waals surface area contributed by atoms with Crippen molar-refractivity contribution in [3.8, 4) is 16.9 Å². The number of para-hydroxylation sites is 1. The van der Waals surface area contributed by atoms with Gasteiger partial charge in [-0.1, -0.05) is 60.7 Å². The maximum Gasteiger partial charge on any atom is 0.327 e. The summed E-state index contributed by atoms with van der Waals surface area (Å²) in [4.78, 5) is 44.4. The van der Waals surface area contributed by atoms with E-state index in [9.17, 15) is 14.4 Å². The van der Waals surface area contributed by atoms with Crippen LogP contribution in [0.4, 0.5) is 15.3 Å². The number of carbonyl (C=O) groups is 3. The van der Waals surface area contributed by atoms with Crippen molar-refractivity contribution >= 4 is 23.7 Å². The lowest BCUT2D eigenvalue weighted by molar-refractivity contribution is -0.129. The molecule has 8 heteroatoms. The molecule has 2 saturated heterocycles. The van der Waals surface area contributed by atoms with Crippen LogP contribution >= 0.6 is 0 Å². The Morgan fingerprint density at radius 2 is 1.65 bits per heavy atom. The number of amides is 5. The quantitative estimate of drug-likeness (QED) is 0.531. The van der Waals surface area contributed by atoms with Crippen LogP contribution in [0.2, 0.25) is 0 Å². The summed E-state index contributed by atoms with van der Waals surface area (Å²) >= 11 is 0. The number of nitrogens with one attached hydrogen (secondary N) is 1. The van der Waals surface area contributed by atoms with E-state index in [1.54, 1.807) is 16.9 Å². The number of imide groups is 1. The summed E-state index contributed by atoms with van der Waals surface area (Å²) in [7, 11) is 1.62. The zero-order valence-electron chi connectivity index (χ0n) is 20.5. The lowest BCUT2D eigenvalue weighted by Crippen LogP contribution is -2.55. The molecule has 8 nitrogen and oxygen atoms in total. The zero-order chi connectivity index (χ0) is 25.5. The normalized spacial score (nSPS) is 22.6. The molecule has 1 aliphatic carbocycles. The van der Waals surface area contributed by atoms with Gasteiger partial charge in [-0.05, 0) is 35.7 Å². The highest BCUT2D eigenvalue weighted by atomic mass is 16.5. The van der Waals surface area contributed by atoms with Crippen molar-refractivity contribution in [2.75, 3.05) is 32.1 Å². The maximum atomic E-state index is 13.4. The molecule has 0 aromatic heterocycles. The van der Waals surface area contributed by atoms with Crippen molar-refractivity contribution in [3.05, 3.63) is 84.4 Å². The van der Waals surface area contributed by atoms with Crippen LogP contribution in [0.25, 0.3) is 11.1 Å². The van der Waals surface area contributed by atoms with Gasteiger partial charge in [-0.2, -0.15) is 0 Å². The monoisotopic (exact) mass is 496 g/mol. The van der Waals surface area contributed by atoms with Crippen molar-refractivity contribution in [3.63, 3.8) is 0 Å². The van der Waals surface area contributed by atoms with E-state index in [-0.39, 0.29) is 36.5 Å². The van der Waals surface area contributed by atoms with Gasteiger partial charge in [-0.25, -0.2) is 9.59 Å². The molecular weight excluding hydrogens is 468 g/mol. The topological polar surface area (TPSA) is 82.2 Å². The number of carbonyl (C=O) groups excluding carboxylic acids is 3. The Morgan fingerprint density at radius 1 is 0.919 bits per heavy atom. The van der Waals surface area contributed by atoms with Gasteiger partial charge in [-0.15, -0.1) is 0 Å². The number of anilines is 1. The number of hydrogen-bond acceptors (Lipinski definition) is 4. The van der Waals surface area contributed by atoms with Gasteiger partial charge in [0, 0.05) is 30.6 Å². The van der Waals surface area contributed by atoms with Gasteiger partial charge in [0.2, 0.25) is 0 Å². The molecule has 5 amide bonds. The largest absolute Gasteiger partial charge is 0.497 e. The van der Waals surface area contributed by atoms with E-state index in [2.05, 4.69) is 5.32 Å². The third kappa shape index (κ3) is 4.18. The SMILES string of the molecule is COc1ccc([C@@H]2C[C@H]2N2C(=O)[C@@H]3CN(C(=O)Nc4ccccc4-c4ccccc4)CCN3C2=O)cc1. The fourth-order valence-corrected chi connectivity index (χ4v) is 5.44. The third-order valence-corrected chi connectivity index (χ3v) is 7.53. The van der Waals surface area contributed by atoms with Crippen LogP contribution in [-0.2, 0) is 4.79 Å². The van der Waals surface area contributed by atoms with Crippen LogP contribution in [0.5, 0.6) is 5.75 Å². The van der Waals surface area contributed by atoms with Gasteiger partial charge in [0.25, 0.3) is 5.91 Å². The van der Waals surface area contributed by atoms with Crippen LogP contribution in [0.15, 0.2) is 78.9 Å². The molecule has 2 aliphatic heterocycles. The first-order valence-electron chi connectivity index (χ1n) is 12.5. The summed E-state index contributed by atoms with van der Waals surface area (Å²) in [5, 5.41) is 3.02. The molecule has 3 aliphatic rings. The molecule has 0 spiro atoms. The number of benzene rings is 3. The van der Waals surface area contributed by atoms with Gasteiger partial charge in [0.1, 0.15) is 11.8 Å². The van der Waals surface area contributed by atoms with E-state index in [4.69, 9.17) is 4.74 Å². The first-order valence-corrected chi connectivity index (χ1v) is 12.5. The number of rotatable bonds is 5. The Labute approximate surface area is 215 Å². The Hall–Kier alpha value is -4.33. The second-order valence-electron chi connectivity index (χ2n) is 9.67. The van der Waals surface area contributed by atoms with Crippen molar-refractivity contribution in [2.24, 2.45) is 0 Å². The Kier molecular flexibility index (Phi) is 5.79. The molecule has 3 fully saturated rings. The standard InChI is InChI=1S/C29H28N4O4/c1-37-21-13-11-20(12-14-21)23-17-25(23)33-27(34)26-18-31(15-16-32(26)29(33)36)28(35)30-24-10-6-5-9-22(24)19-7-3-2-4-8-19/h2-14,23,25-26H,15-18H2,1H3,(H,30,35)/t23-,25+,26-/m0/s1. The number of piperazine rings is 1. The second kappa shape index (κ2) is 9.28. The molecule has 1 saturated carbocycles. The molecule has 3 aromatic rings. The first kappa shape index (κ1) is 23.1. The second-order valence-corrected chi connectivity index (χ2v) is 9.67. The lowest BCUT2D eigenvalue weighted by Gasteiger charge is -2.35. The average molecular weight is 497 g/mol. The molecule has 188 valence electrons. The average Bonchev–Trinajstić information content (AvgIpc) is 3.69. The molecule has 6 rings (SSSR count). The van der Waals surface area contributed by atoms with Crippen molar-refractivity contribution in [2.45, 2.75) is 24.4 Å². The van der Waals surface area contributed by atoms with Gasteiger partial charge in [0.15, 0.2) is 0 Å². The van der Waals surface area contributed by atoms with Gasteiger partial charge < -0.3 is 19.9 Å². The number of fused-ring (bicyclic) bond motifs is 1. The number of urea groups is 2. The van der Waals surface area contributed by atoms with Crippen LogP contribution in [0, 0.1) is 0 Å². The van der Waals surface area contributed by atoms with Crippen LogP contribution in [0.3, 0.4) is 0 Å². The molecular formula is C29H28N4O4. The molecule has 37 heavy (non-hydrogen) atoms. The molecule has 0 radical (unpaired) electrons. The first-order chi connectivity index (χ1) is 18.0. The Morgan fingerprint density at radius 3 is 2.41 bits per heavy atom. The number of nitrogens with zero attached hydrogens (tertiary/aromatic N) is 3. The highest BCUT2D eigenvalue weighted by Crippen LogP contribution is 2.47. The van der Waals surface area contributed by atoms with Gasteiger partial charge in [-0.3, -0.25) is 9.69 Å². The summed E-state index contributed by atoms with van der Waals surface area (Å²) in [5.41, 5.74) is 3.73. The fraction of sp³-hybridized carbons (Fsp3) is 0.276. The van der Waals surface area contributed by atoms with Crippen molar-refractivity contribution in [1.29, 1.82) is 0 Å². The summed E-state index contributed by atoms with van der Waals surface area (Å²) in [6.45, 7) is 0.884. The van der Waals surface area contributed by atoms with E-state index >= 15 is 0 Å². The minimum atomic E-state index is -0.645. The van der Waals surface area contributed by atoms with Gasteiger partial charge >= 0.3 is 12.1 Å². The predicted octanol–water partition coefficient (Wildman–Crippen LogP) is 4.40. The maximum absolute atomic E-state index is 13.4. The highest BCUT2D eigenvalue weighted by molar-refractivity contribution is 6.06. The lowest BCUT2D eigenvalue weighted by atomic mass is 10.0. The molecule has 0 unspecified atom stereocenters. The highest BCUT2D eigenvalue weighted by Gasteiger charge is 2.56. The van der Waals surface area contributed by atoms with E-state index in [0.717, 1.165) is 28.9 Å². The van der Waals surface area contributed by atoms with Gasteiger partial charge in [0.05, 0.1) is 19.3 Å². The number of hydrogen-bond donors (Lipinski definition) is 1. The van der Waals surface area contributed by atoms with Crippen LogP contribution in [0.1, 0.15) is 17.9 Å². The molecule has 0 bridgehead atoms.